The third-order valence-corrected chi connectivity index (χ3v) is 4.26. The van der Waals surface area contributed by atoms with Crippen LogP contribution in [0, 0.1) is 5.92 Å². The van der Waals surface area contributed by atoms with Crippen LogP contribution in [0.25, 0.3) is 10.8 Å². The van der Waals surface area contributed by atoms with Crippen molar-refractivity contribution in [2.75, 3.05) is 0 Å². The second-order valence-electron chi connectivity index (χ2n) is 6.32. The molecular weight excluding hydrogens is 294 g/mol. The van der Waals surface area contributed by atoms with Gasteiger partial charge in [0.2, 0.25) is 0 Å². The molecule has 0 saturated heterocycles. The van der Waals surface area contributed by atoms with Gasteiger partial charge in [-0.3, -0.25) is 9.69 Å². The zero-order chi connectivity index (χ0) is 16.7. The number of hydrogen-bond acceptors (Lipinski definition) is 3. The Morgan fingerprint density at radius 1 is 1.22 bits per heavy atom. The van der Waals surface area contributed by atoms with Crippen LogP contribution in [-0.4, -0.2) is 33.0 Å². The molecule has 23 heavy (non-hydrogen) atoms. The first-order valence-corrected chi connectivity index (χ1v) is 7.67. The second-order valence-corrected chi connectivity index (χ2v) is 6.32. The van der Waals surface area contributed by atoms with Crippen molar-refractivity contribution in [1.82, 2.24) is 4.90 Å². The zero-order valence-corrected chi connectivity index (χ0v) is 13.1. The lowest BCUT2D eigenvalue weighted by molar-refractivity contribution is -0.147. The molecule has 120 valence electrons. The van der Waals surface area contributed by atoms with E-state index in [2.05, 4.69) is 0 Å². The predicted octanol–water partition coefficient (Wildman–Crippen LogP) is 2.79. The third kappa shape index (κ3) is 2.47. The fourth-order valence-corrected chi connectivity index (χ4v) is 3.26. The highest BCUT2D eigenvalue weighted by Gasteiger charge is 2.40. The van der Waals surface area contributed by atoms with Crippen molar-refractivity contribution in [1.29, 1.82) is 0 Å². The Morgan fingerprint density at radius 3 is 2.48 bits per heavy atom. The van der Waals surface area contributed by atoms with Crippen molar-refractivity contribution in [2.45, 2.75) is 32.5 Å². The Morgan fingerprint density at radius 2 is 1.87 bits per heavy atom. The Bertz CT molecular complexity index is 778. The largest absolute Gasteiger partial charge is 0.480 e. The van der Waals surface area contributed by atoms with Gasteiger partial charge in [-0.15, -0.1) is 0 Å². The van der Waals surface area contributed by atoms with Crippen molar-refractivity contribution in [3.63, 3.8) is 0 Å². The molecule has 1 aliphatic rings. The molecule has 1 amide bonds. The molecule has 0 spiro atoms. The smallest absolute Gasteiger partial charge is 0.326 e. The van der Waals surface area contributed by atoms with E-state index in [4.69, 9.17) is 0 Å². The molecule has 2 aromatic carbocycles. The van der Waals surface area contributed by atoms with E-state index in [1.807, 2.05) is 26.0 Å². The van der Waals surface area contributed by atoms with Crippen molar-refractivity contribution in [3.05, 3.63) is 47.5 Å². The van der Waals surface area contributed by atoms with E-state index in [9.17, 15) is 19.8 Å². The second kappa shape index (κ2) is 5.66. The minimum Gasteiger partial charge on any atom is -0.480 e. The molecule has 2 atom stereocenters. The molecule has 0 aromatic heterocycles. The molecular formula is C18H19NO4. The number of amides is 1. The van der Waals surface area contributed by atoms with Gasteiger partial charge in [0.25, 0.3) is 5.91 Å². The number of hydrogen-bond donors (Lipinski definition) is 2. The van der Waals surface area contributed by atoms with Gasteiger partial charge in [-0.05, 0) is 23.8 Å². The van der Waals surface area contributed by atoms with Crippen LogP contribution in [0.2, 0.25) is 0 Å². The van der Waals surface area contributed by atoms with Gasteiger partial charge in [0.05, 0.1) is 0 Å². The lowest BCUT2D eigenvalue weighted by atomic mass is 9.91. The van der Waals surface area contributed by atoms with E-state index >= 15 is 0 Å². The van der Waals surface area contributed by atoms with E-state index in [-0.39, 0.29) is 12.3 Å². The lowest BCUT2D eigenvalue weighted by Crippen LogP contribution is -2.49. The van der Waals surface area contributed by atoms with Crippen LogP contribution < -0.4 is 0 Å². The van der Waals surface area contributed by atoms with Gasteiger partial charge in [0.15, 0.2) is 6.23 Å². The Hall–Kier alpha value is -2.40. The summed E-state index contributed by atoms with van der Waals surface area (Å²) in [5.41, 5.74) is 1.02. The molecule has 2 aromatic rings. The van der Waals surface area contributed by atoms with Crippen LogP contribution in [0.3, 0.4) is 0 Å². The summed E-state index contributed by atoms with van der Waals surface area (Å²) in [7, 11) is 0. The fraction of sp³-hybridized carbons (Fsp3) is 0.333. The lowest BCUT2D eigenvalue weighted by Gasteiger charge is -2.38. The Balaban J connectivity index is 2.16. The highest BCUT2D eigenvalue weighted by Crippen LogP contribution is 2.37. The summed E-state index contributed by atoms with van der Waals surface area (Å²) in [4.78, 5) is 25.6. The predicted molar refractivity (Wildman–Crippen MR) is 86.0 cm³/mol. The van der Waals surface area contributed by atoms with E-state index in [0.717, 1.165) is 10.3 Å². The van der Waals surface area contributed by atoms with E-state index < -0.39 is 24.1 Å². The molecule has 2 unspecified atom stereocenters. The molecule has 2 N–H and O–H groups in total. The molecule has 0 fully saturated rings. The van der Waals surface area contributed by atoms with Crippen LogP contribution in [0.5, 0.6) is 0 Å². The number of aliphatic hydroxyl groups excluding tert-OH is 1. The summed E-state index contributed by atoms with van der Waals surface area (Å²) in [6, 6.07) is 9.69. The van der Waals surface area contributed by atoms with Crippen LogP contribution >= 0.6 is 0 Å². The Labute approximate surface area is 134 Å². The van der Waals surface area contributed by atoms with Crippen LogP contribution in [-0.2, 0) is 4.79 Å². The van der Waals surface area contributed by atoms with Crippen molar-refractivity contribution < 1.29 is 19.8 Å². The molecule has 0 aliphatic carbocycles. The van der Waals surface area contributed by atoms with E-state index in [1.165, 1.54) is 0 Å². The molecule has 1 aliphatic heterocycles. The average molecular weight is 313 g/mol. The van der Waals surface area contributed by atoms with Gasteiger partial charge in [-0.2, -0.15) is 0 Å². The van der Waals surface area contributed by atoms with Crippen LogP contribution in [0.15, 0.2) is 36.4 Å². The van der Waals surface area contributed by atoms with Crippen molar-refractivity contribution in [3.8, 4) is 0 Å². The quantitative estimate of drug-likeness (QED) is 0.910. The van der Waals surface area contributed by atoms with Crippen LogP contribution in [0.1, 0.15) is 42.4 Å². The zero-order valence-electron chi connectivity index (χ0n) is 13.1. The summed E-state index contributed by atoms with van der Waals surface area (Å²) < 4.78 is 0. The maximum Gasteiger partial charge on any atom is 0.326 e. The van der Waals surface area contributed by atoms with Crippen molar-refractivity contribution in [2.24, 2.45) is 5.92 Å². The molecule has 0 bridgehead atoms. The number of benzene rings is 2. The average Bonchev–Trinajstić information content (AvgIpc) is 2.51. The van der Waals surface area contributed by atoms with Gasteiger partial charge < -0.3 is 10.2 Å². The Kier molecular flexibility index (Phi) is 3.82. The summed E-state index contributed by atoms with van der Waals surface area (Å²) in [5, 5.41) is 21.8. The van der Waals surface area contributed by atoms with Gasteiger partial charge in [0.1, 0.15) is 6.04 Å². The third-order valence-electron chi connectivity index (χ3n) is 4.26. The number of rotatable bonds is 4. The summed E-state index contributed by atoms with van der Waals surface area (Å²) >= 11 is 0. The number of carboxylic acid groups (broad SMARTS) is 1. The first kappa shape index (κ1) is 15.5. The highest BCUT2D eigenvalue weighted by molar-refractivity contribution is 6.11. The number of carbonyl (C=O) groups excluding carboxylic acids is 1. The molecule has 0 radical (unpaired) electrons. The minimum atomic E-state index is -1.25. The highest BCUT2D eigenvalue weighted by atomic mass is 16.4. The fourth-order valence-electron chi connectivity index (χ4n) is 3.26. The van der Waals surface area contributed by atoms with Gasteiger partial charge in [-0.1, -0.05) is 44.2 Å². The molecule has 5 heteroatoms. The maximum atomic E-state index is 12.8. The monoisotopic (exact) mass is 313 g/mol. The van der Waals surface area contributed by atoms with E-state index in [1.54, 1.807) is 24.3 Å². The SMILES string of the molecule is CC(C)CC(C(=O)O)N1C(=O)c2cccc3cccc(c23)C1O. The summed E-state index contributed by atoms with van der Waals surface area (Å²) in [6.07, 6.45) is -0.961. The number of carbonyl (C=O) groups is 2. The normalized spacial score (nSPS) is 18.5. The number of carboxylic acids is 1. The molecule has 1 heterocycles. The van der Waals surface area contributed by atoms with Gasteiger partial charge >= 0.3 is 5.97 Å². The summed E-state index contributed by atoms with van der Waals surface area (Å²) in [6.45, 7) is 3.79. The molecule has 3 rings (SSSR count). The maximum absolute atomic E-state index is 12.8. The van der Waals surface area contributed by atoms with Gasteiger partial charge in [0, 0.05) is 16.5 Å². The number of aliphatic hydroxyl groups is 1. The van der Waals surface area contributed by atoms with Gasteiger partial charge in [-0.25, -0.2) is 4.79 Å². The number of aliphatic carboxylic acids is 1. The minimum absolute atomic E-state index is 0.0871. The standard InChI is InChI=1S/C18H19NO4/c1-10(2)9-14(18(22)23)19-16(20)12-7-3-5-11-6-4-8-13(15(11)12)17(19)21/h3-8,10,14,16,20H,9H2,1-2H3,(H,22,23). The number of nitrogens with zero attached hydrogens (tertiary/aromatic N) is 1. The molecule has 5 nitrogen and oxygen atoms in total. The first-order valence-electron chi connectivity index (χ1n) is 7.67. The first-order chi connectivity index (χ1) is 10.9. The van der Waals surface area contributed by atoms with Crippen LogP contribution in [0.4, 0.5) is 0 Å². The molecule has 0 saturated carbocycles. The van der Waals surface area contributed by atoms with Crippen molar-refractivity contribution >= 4 is 22.6 Å². The summed E-state index contributed by atoms with van der Waals surface area (Å²) in [5.74, 6) is -1.45. The topological polar surface area (TPSA) is 77.8 Å². The van der Waals surface area contributed by atoms with E-state index in [0.29, 0.717) is 16.5 Å².